The zero-order valence-electron chi connectivity index (χ0n) is 10.1. The van der Waals surface area contributed by atoms with Crippen LogP contribution in [0.15, 0.2) is 12.1 Å². The molecule has 1 aromatic carbocycles. The van der Waals surface area contributed by atoms with Crippen molar-refractivity contribution in [2.45, 2.75) is 34.6 Å². The van der Waals surface area contributed by atoms with Crippen molar-refractivity contribution in [1.82, 2.24) is 0 Å². The highest BCUT2D eigenvalue weighted by Gasteiger charge is 2.13. The first-order valence-corrected chi connectivity index (χ1v) is 5.57. The molecule has 1 aromatic rings. The number of hydrogen-bond donors (Lipinski definition) is 0. The smallest absolute Gasteiger partial charge is 0.122 e. The van der Waals surface area contributed by atoms with Crippen molar-refractivity contribution in [3.05, 3.63) is 28.3 Å². The topological polar surface area (TPSA) is 9.23 Å². The molecule has 0 aromatic heterocycles. The van der Waals surface area contributed by atoms with Crippen molar-refractivity contribution in [2.75, 3.05) is 6.61 Å². The van der Waals surface area contributed by atoms with Crippen LogP contribution in [0.4, 0.5) is 0 Å². The molecule has 0 saturated heterocycles. The normalized spacial score (nSPS) is 11.6. The summed E-state index contributed by atoms with van der Waals surface area (Å²) in [7, 11) is 0. The second kappa shape index (κ2) is 4.44. The fourth-order valence-corrected chi connectivity index (χ4v) is 1.42. The molecular formula is C13H19ClO. The fourth-order valence-electron chi connectivity index (χ4n) is 1.21. The molecule has 0 unspecified atom stereocenters. The highest BCUT2D eigenvalue weighted by molar-refractivity contribution is 6.31. The Hall–Kier alpha value is -0.690. The molecule has 0 aliphatic heterocycles. The molecule has 0 amide bonds. The van der Waals surface area contributed by atoms with Crippen LogP contribution in [0, 0.1) is 19.3 Å². The number of hydrogen-bond acceptors (Lipinski definition) is 1. The Bertz CT molecular complexity index is 350. The molecule has 0 aliphatic carbocycles. The second-order valence-corrected chi connectivity index (χ2v) is 5.55. The lowest BCUT2D eigenvalue weighted by Crippen LogP contribution is -2.17. The van der Waals surface area contributed by atoms with E-state index in [4.69, 9.17) is 16.3 Å². The van der Waals surface area contributed by atoms with Gasteiger partial charge in [-0.2, -0.15) is 0 Å². The summed E-state index contributed by atoms with van der Waals surface area (Å²) in [6, 6.07) is 3.83. The zero-order chi connectivity index (χ0) is 11.6. The van der Waals surface area contributed by atoms with Crippen LogP contribution in [0.3, 0.4) is 0 Å². The van der Waals surface area contributed by atoms with Gasteiger partial charge in [0.05, 0.1) is 6.61 Å². The largest absolute Gasteiger partial charge is 0.493 e. The second-order valence-electron chi connectivity index (χ2n) is 5.14. The molecule has 0 fully saturated rings. The summed E-state index contributed by atoms with van der Waals surface area (Å²) >= 11 is 6.02. The maximum absolute atomic E-state index is 6.02. The van der Waals surface area contributed by atoms with E-state index < -0.39 is 0 Å². The third kappa shape index (κ3) is 3.42. The standard InChI is InChI=1S/C13H19ClO/c1-9-10(2)12(7-6-11(9)14)15-8-13(3,4)5/h6-7H,8H2,1-5H3. The maximum atomic E-state index is 6.02. The Morgan fingerprint density at radius 3 is 2.27 bits per heavy atom. The van der Waals surface area contributed by atoms with Crippen molar-refractivity contribution in [3.63, 3.8) is 0 Å². The predicted octanol–water partition coefficient (Wildman–Crippen LogP) is 4.38. The highest BCUT2D eigenvalue weighted by Crippen LogP contribution is 2.28. The Morgan fingerprint density at radius 2 is 1.73 bits per heavy atom. The van der Waals surface area contributed by atoms with Crippen molar-refractivity contribution in [1.29, 1.82) is 0 Å². The summed E-state index contributed by atoms with van der Waals surface area (Å²) in [5.74, 6) is 0.937. The lowest BCUT2D eigenvalue weighted by atomic mass is 9.98. The molecule has 0 spiro atoms. The summed E-state index contributed by atoms with van der Waals surface area (Å²) in [5.41, 5.74) is 2.41. The van der Waals surface area contributed by atoms with Crippen LogP contribution in [0.25, 0.3) is 0 Å². The molecule has 0 heterocycles. The van der Waals surface area contributed by atoms with E-state index in [9.17, 15) is 0 Å². The van der Waals surface area contributed by atoms with Crippen molar-refractivity contribution in [3.8, 4) is 5.75 Å². The van der Waals surface area contributed by atoms with Gasteiger partial charge in [0.15, 0.2) is 0 Å². The lowest BCUT2D eigenvalue weighted by Gasteiger charge is -2.20. The molecule has 84 valence electrons. The van der Waals surface area contributed by atoms with Crippen LogP contribution in [0.5, 0.6) is 5.75 Å². The van der Waals surface area contributed by atoms with E-state index in [0.29, 0.717) is 0 Å². The van der Waals surface area contributed by atoms with Crippen molar-refractivity contribution >= 4 is 11.6 Å². The van der Waals surface area contributed by atoms with Crippen LogP contribution >= 0.6 is 11.6 Å². The molecule has 1 nitrogen and oxygen atoms in total. The molecule has 0 bridgehead atoms. The van der Waals surface area contributed by atoms with Gasteiger partial charge in [-0.3, -0.25) is 0 Å². The highest BCUT2D eigenvalue weighted by atomic mass is 35.5. The van der Waals surface area contributed by atoms with Gasteiger partial charge in [-0.25, -0.2) is 0 Å². The SMILES string of the molecule is Cc1c(Cl)ccc(OCC(C)(C)C)c1C. The molecule has 0 saturated carbocycles. The first-order valence-electron chi connectivity index (χ1n) is 5.20. The van der Waals surface area contributed by atoms with Crippen molar-refractivity contribution < 1.29 is 4.74 Å². The molecule has 2 heteroatoms. The average molecular weight is 227 g/mol. The molecule has 1 rings (SSSR count). The average Bonchev–Trinajstić information content (AvgIpc) is 2.12. The molecule has 0 atom stereocenters. The third-order valence-electron chi connectivity index (χ3n) is 2.33. The molecule has 0 aliphatic rings. The number of benzene rings is 1. The van der Waals surface area contributed by atoms with Gasteiger partial charge >= 0.3 is 0 Å². The first-order chi connectivity index (χ1) is 6.81. The Balaban J connectivity index is 2.83. The van der Waals surface area contributed by atoms with E-state index in [2.05, 4.69) is 20.8 Å². The summed E-state index contributed by atoms with van der Waals surface area (Å²) in [4.78, 5) is 0. The summed E-state index contributed by atoms with van der Waals surface area (Å²) < 4.78 is 5.78. The van der Waals surface area contributed by atoms with Gasteiger partial charge in [-0.1, -0.05) is 32.4 Å². The zero-order valence-corrected chi connectivity index (χ0v) is 10.9. The van der Waals surface area contributed by atoms with E-state index in [1.165, 1.54) is 0 Å². The summed E-state index contributed by atoms with van der Waals surface area (Å²) in [6.45, 7) is 11.2. The van der Waals surface area contributed by atoms with Crippen molar-refractivity contribution in [2.24, 2.45) is 5.41 Å². The Labute approximate surface area is 97.4 Å². The van der Waals surface area contributed by atoms with Crippen LogP contribution in [0.2, 0.25) is 5.02 Å². The summed E-state index contributed by atoms with van der Waals surface area (Å²) in [6.07, 6.45) is 0. The minimum absolute atomic E-state index is 0.181. The van der Waals surface area contributed by atoms with Crippen LogP contribution in [-0.2, 0) is 0 Å². The van der Waals surface area contributed by atoms with Crippen LogP contribution in [0.1, 0.15) is 31.9 Å². The maximum Gasteiger partial charge on any atom is 0.122 e. The Kier molecular flexibility index (Phi) is 3.67. The molecular weight excluding hydrogens is 208 g/mol. The first kappa shape index (κ1) is 12.4. The van der Waals surface area contributed by atoms with Gasteiger partial charge in [-0.15, -0.1) is 0 Å². The minimum Gasteiger partial charge on any atom is -0.493 e. The fraction of sp³-hybridized carbons (Fsp3) is 0.538. The van der Waals surface area contributed by atoms with E-state index in [1.807, 2.05) is 26.0 Å². The molecule has 0 N–H and O–H groups in total. The van der Waals surface area contributed by atoms with Gasteiger partial charge in [0.2, 0.25) is 0 Å². The minimum atomic E-state index is 0.181. The van der Waals surface area contributed by atoms with Crippen LogP contribution in [-0.4, -0.2) is 6.61 Å². The van der Waals surface area contributed by atoms with Gasteiger partial charge < -0.3 is 4.74 Å². The molecule has 15 heavy (non-hydrogen) atoms. The number of halogens is 1. The third-order valence-corrected chi connectivity index (χ3v) is 2.74. The van der Waals surface area contributed by atoms with E-state index >= 15 is 0 Å². The predicted molar refractivity (Wildman–Crippen MR) is 65.9 cm³/mol. The van der Waals surface area contributed by atoms with E-state index in [1.54, 1.807) is 0 Å². The van der Waals surface area contributed by atoms with Gasteiger partial charge in [0, 0.05) is 5.02 Å². The van der Waals surface area contributed by atoms with E-state index in [0.717, 1.165) is 28.5 Å². The van der Waals surface area contributed by atoms with Gasteiger partial charge in [0.1, 0.15) is 5.75 Å². The monoisotopic (exact) mass is 226 g/mol. The summed E-state index contributed by atoms with van der Waals surface area (Å²) in [5, 5.41) is 0.801. The number of rotatable bonds is 2. The van der Waals surface area contributed by atoms with Crippen LogP contribution < -0.4 is 4.74 Å². The van der Waals surface area contributed by atoms with Gasteiger partial charge in [0.25, 0.3) is 0 Å². The lowest BCUT2D eigenvalue weighted by molar-refractivity contribution is 0.197. The quantitative estimate of drug-likeness (QED) is 0.727. The Morgan fingerprint density at radius 1 is 1.13 bits per heavy atom. The molecule has 0 radical (unpaired) electrons. The van der Waals surface area contributed by atoms with Gasteiger partial charge in [-0.05, 0) is 42.5 Å². The van der Waals surface area contributed by atoms with E-state index in [-0.39, 0.29) is 5.41 Å². The number of ether oxygens (including phenoxy) is 1.